The lowest BCUT2D eigenvalue weighted by atomic mass is 10.0. The van der Waals surface area contributed by atoms with Crippen LogP contribution in [0.2, 0.25) is 0 Å². The number of phenolic OH excluding ortho intramolecular Hbond substituents is 1. The van der Waals surface area contributed by atoms with Gasteiger partial charge in [-0.25, -0.2) is 0 Å². The molecule has 1 rings (SSSR count). The third-order valence-electron chi connectivity index (χ3n) is 2.58. The molecule has 110 valence electrons. The maximum atomic E-state index is 11.4. The summed E-state index contributed by atoms with van der Waals surface area (Å²) < 4.78 is 9.61. The van der Waals surface area contributed by atoms with Crippen molar-refractivity contribution in [3.05, 3.63) is 27.8 Å². The molecule has 0 aliphatic rings. The number of phenols is 1. The van der Waals surface area contributed by atoms with Crippen molar-refractivity contribution in [3.63, 3.8) is 0 Å². The van der Waals surface area contributed by atoms with Crippen LogP contribution in [0.4, 0.5) is 5.69 Å². The average Bonchev–Trinajstić information content (AvgIpc) is 2.40. The van der Waals surface area contributed by atoms with E-state index in [2.05, 4.69) is 0 Å². The number of aromatic hydroxyl groups is 1. The van der Waals surface area contributed by atoms with Gasteiger partial charge in [-0.05, 0) is 25.0 Å². The molecular formula is C12H16N2O6. The molecule has 1 aromatic carbocycles. The van der Waals surface area contributed by atoms with Gasteiger partial charge in [-0.3, -0.25) is 14.9 Å². The Hall–Kier alpha value is -2.35. The third kappa shape index (κ3) is 3.58. The summed E-state index contributed by atoms with van der Waals surface area (Å²) in [6.07, 6.45) is 0.0380. The summed E-state index contributed by atoms with van der Waals surface area (Å²) in [6, 6.07) is 1.60. The molecule has 8 heteroatoms. The zero-order valence-electron chi connectivity index (χ0n) is 11.2. The summed E-state index contributed by atoms with van der Waals surface area (Å²) in [7, 11) is 1.27. The van der Waals surface area contributed by atoms with Gasteiger partial charge in [-0.2, -0.15) is 0 Å². The maximum absolute atomic E-state index is 11.4. The molecule has 1 atom stereocenters. The predicted octanol–water partition coefficient (Wildman–Crippen LogP) is 0.742. The Morgan fingerprint density at radius 1 is 1.55 bits per heavy atom. The highest BCUT2D eigenvalue weighted by molar-refractivity contribution is 5.76. The normalized spacial score (nSPS) is 11.8. The minimum absolute atomic E-state index is 0.0380. The molecule has 0 bridgehead atoms. The number of carbonyl (C=O) groups excluding carboxylic acids is 1. The molecule has 0 saturated carbocycles. The van der Waals surface area contributed by atoms with Crippen LogP contribution in [0, 0.1) is 10.1 Å². The molecule has 3 N–H and O–H groups in total. The van der Waals surface area contributed by atoms with Crippen LogP contribution in [0.25, 0.3) is 0 Å². The fourth-order valence-corrected chi connectivity index (χ4v) is 1.65. The monoisotopic (exact) mass is 284 g/mol. The zero-order chi connectivity index (χ0) is 15.3. The van der Waals surface area contributed by atoms with Gasteiger partial charge in [-0.1, -0.05) is 0 Å². The Bertz CT molecular complexity index is 517. The SMILES string of the molecule is CCOC(=O)C(N)Cc1cc(OC)c(O)c([N+](=O)[O-])c1. The van der Waals surface area contributed by atoms with Gasteiger partial charge in [0.2, 0.25) is 5.75 Å². The minimum atomic E-state index is -0.941. The molecule has 0 spiro atoms. The molecule has 0 radical (unpaired) electrons. The van der Waals surface area contributed by atoms with Crippen molar-refractivity contribution in [3.8, 4) is 11.5 Å². The molecule has 20 heavy (non-hydrogen) atoms. The first kappa shape index (κ1) is 15.7. The topological polar surface area (TPSA) is 125 Å². The largest absolute Gasteiger partial charge is 0.500 e. The highest BCUT2D eigenvalue weighted by Crippen LogP contribution is 2.37. The molecule has 0 aromatic heterocycles. The van der Waals surface area contributed by atoms with Gasteiger partial charge in [-0.15, -0.1) is 0 Å². The smallest absolute Gasteiger partial charge is 0.323 e. The van der Waals surface area contributed by atoms with E-state index in [1.165, 1.54) is 13.2 Å². The summed E-state index contributed by atoms with van der Waals surface area (Å²) in [5.74, 6) is -1.21. The van der Waals surface area contributed by atoms with Crippen LogP contribution in [0.1, 0.15) is 12.5 Å². The third-order valence-corrected chi connectivity index (χ3v) is 2.58. The fraction of sp³-hybridized carbons (Fsp3) is 0.417. The Kier molecular flexibility index (Phi) is 5.27. The Morgan fingerprint density at radius 3 is 2.70 bits per heavy atom. The van der Waals surface area contributed by atoms with Gasteiger partial charge >= 0.3 is 11.7 Å². The first-order valence-electron chi connectivity index (χ1n) is 5.87. The van der Waals surface area contributed by atoms with E-state index >= 15 is 0 Å². The number of hydrogen-bond donors (Lipinski definition) is 2. The molecule has 8 nitrogen and oxygen atoms in total. The van der Waals surface area contributed by atoms with Gasteiger partial charge in [0.15, 0.2) is 5.75 Å². The number of carbonyl (C=O) groups is 1. The maximum Gasteiger partial charge on any atom is 0.323 e. The number of esters is 1. The fourth-order valence-electron chi connectivity index (χ4n) is 1.65. The number of benzene rings is 1. The summed E-state index contributed by atoms with van der Waals surface area (Å²) in [5, 5.41) is 20.5. The summed E-state index contributed by atoms with van der Waals surface area (Å²) in [4.78, 5) is 21.5. The summed E-state index contributed by atoms with van der Waals surface area (Å²) in [5.41, 5.74) is 5.53. The second-order valence-corrected chi connectivity index (χ2v) is 3.99. The van der Waals surface area contributed by atoms with Crippen molar-refractivity contribution in [2.75, 3.05) is 13.7 Å². The van der Waals surface area contributed by atoms with E-state index in [1.54, 1.807) is 6.92 Å². The predicted molar refractivity (Wildman–Crippen MR) is 69.6 cm³/mol. The quantitative estimate of drug-likeness (QED) is 0.448. The minimum Gasteiger partial charge on any atom is -0.500 e. The van der Waals surface area contributed by atoms with Crippen LogP contribution in [0.3, 0.4) is 0 Å². The van der Waals surface area contributed by atoms with Crippen molar-refractivity contribution >= 4 is 11.7 Å². The molecule has 0 aliphatic heterocycles. The molecule has 1 aromatic rings. The summed E-state index contributed by atoms with van der Waals surface area (Å²) in [6.45, 7) is 1.85. The van der Waals surface area contributed by atoms with E-state index in [4.69, 9.17) is 15.2 Å². The van der Waals surface area contributed by atoms with Crippen LogP contribution in [0.5, 0.6) is 11.5 Å². The Balaban J connectivity index is 3.04. The number of nitrogens with two attached hydrogens (primary N) is 1. The molecule has 0 saturated heterocycles. The van der Waals surface area contributed by atoms with E-state index < -0.39 is 28.4 Å². The number of nitro benzene ring substituents is 1. The van der Waals surface area contributed by atoms with E-state index in [-0.39, 0.29) is 18.8 Å². The van der Waals surface area contributed by atoms with E-state index in [1.807, 2.05) is 0 Å². The Labute approximate surface area is 115 Å². The number of hydrogen-bond acceptors (Lipinski definition) is 7. The number of nitro groups is 1. The van der Waals surface area contributed by atoms with E-state index in [0.29, 0.717) is 5.56 Å². The van der Waals surface area contributed by atoms with E-state index in [9.17, 15) is 20.0 Å². The van der Waals surface area contributed by atoms with Gasteiger partial charge in [0.05, 0.1) is 18.6 Å². The molecule has 0 aliphatic carbocycles. The van der Waals surface area contributed by atoms with E-state index in [0.717, 1.165) is 6.07 Å². The molecule has 0 amide bonds. The Morgan fingerprint density at radius 2 is 2.20 bits per heavy atom. The van der Waals surface area contributed by atoms with Crippen LogP contribution < -0.4 is 10.5 Å². The van der Waals surface area contributed by atoms with Gasteiger partial charge < -0.3 is 20.3 Å². The van der Waals surface area contributed by atoms with Crippen molar-refractivity contribution in [2.45, 2.75) is 19.4 Å². The molecule has 1 unspecified atom stereocenters. The number of ether oxygens (including phenoxy) is 2. The zero-order valence-corrected chi connectivity index (χ0v) is 11.2. The van der Waals surface area contributed by atoms with Crippen molar-refractivity contribution < 1.29 is 24.3 Å². The molecule has 0 fully saturated rings. The van der Waals surface area contributed by atoms with Crippen LogP contribution in [-0.4, -0.2) is 35.8 Å². The summed E-state index contributed by atoms with van der Waals surface area (Å²) >= 11 is 0. The standard InChI is InChI=1S/C12H16N2O6/c1-3-20-12(16)8(13)4-7-5-9(14(17)18)11(15)10(6-7)19-2/h5-6,8,15H,3-4,13H2,1-2H3. The molecule has 0 heterocycles. The van der Waals surface area contributed by atoms with Crippen LogP contribution >= 0.6 is 0 Å². The lowest BCUT2D eigenvalue weighted by Gasteiger charge is -2.12. The van der Waals surface area contributed by atoms with Gasteiger partial charge in [0.1, 0.15) is 6.04 Å². The van der Waals surface area contributed by atoms with Gasteiger partial charge in [0.25, 0.3) is 0 Å². The van der Waals surface area contributed by atoms with Crippen molar-refractivity contribution in [2.24, 2.45) is 5.73 Å². The first-order chi connectivity index (χ1) is 9.40. The van der Waals surface area contributed by atoms with Crippen molar-refractivity contribution in [1.29, 1.82) is 0 Å². The second kappa shape index (κ2) is 6.71. The number of methoxy groups -OCH3 is 1. The number of nitrogens with zero attached hydrogens (tertiary/aromatic N) is 1. The van der Waals surface area contributed by atoms with Crippen molar-refractivity contribution in [1.82, 2.24) is 0 Å². The lowest BCUT2D eigenvalue weighted by Crippen LogP contribution is -2.34. The lowest BCUT2D eigenvalue weighted by molar-refractivity contribution is -0.386. The highest BCUT2D eigenvalue weighted by Gasteiger charge is 2.22. The second-order valence-electron chi connectivity index (χ2n) is 3.99. The highest BCUT2D eigenvalue weighted by atomic mass is 16.6. The first-order valence-corrected chi connectivity index (χ1v) is 5.87. The van der Waals surface area contributed by atoms with Crippen LogP contribution in [-0.2, 0) is 16.0 Å². The molecular weight excluding hydrogens is 268 g/mol. The number of rotatable bonds is 6. The van der Waals surface area contributed by atoms with Gasteiger partial charge in [0, 0.05) is 6.07 Å². The van der Waals surface area contributed by atoms with Crippen LogP contribution in [0.15, 0.2) is 12.1 Å². The average molecular weight is 284 g/mol.